The molecule has 0 spiro atoms. The summed E-state index contributed by atoms with van der Waals surface area (Å²) < 4.78 is 2.26. The van der Waals surface area contributed by atoms with Crippen molar-refractivity contribution in [2.75, 3.05) is 0 Å². The first-order valence-electron chi connectivity index (χ1n) is 6.38. The Labute approximate surface area is 110 Å². The predicted molar refractivity (Wildman–Crippen MR) is 71.3 cm³/mol. The van der Waals surface area contributed by atoms with Crippen molar-refractivity contribution < 1.29 is 0 Å². The van der Waals surface area contributed by atoms with Crippen LogP contribution in [0.3, 0.4) is 0 Å². The highest BCUT2D eigenvalue weighted by atomic mass is 32.1. The molecule has 0 fully saturated rings. The number of rotatable bonds is 2. The number of aromatic nitrogens is 4. The van der Waals surface area contributed by atoms with Gasteiger partial charge in [-0.25, -0.2) is 4.98 Å². The van der Waals surface area contributed by atoms with Crippen LogP contribution in [0.2, 0.25) is 0 Å². The average molecular weight is 263 g/mol. The molecule has 3 heterocycles. The maximum atomic E-state index is 5.65. The van der Waals surface area contributed by atoms with Gasteiger partial charge in [0.05, 0.1) is 10.6 Å². The molecule has 0 aliphatic carbocycles. The molecule has 2 aromatic heterocycles. The fourth-order valence-electron chi connectivity index (χ4n) is 2.40. The Morgan fingerprint density at radius 1 is 1.28 bits per heavy atom. The van der Waals surface area contributed by atoms with Gasteiger partial charge in [0.1, 0.15) is 10.8 Å². The van der Waals surface area contributed by atoms with E-state index in [0.717, 1.165) is 40.2 Å². The minimum atomic E-state index is 0.493. The lowest BCUT2D eigenvalue weighted by molar-refractivity contribution is 0.637. The highest BCUT2D eigenvalue weighted by molar-refractivity contribution is 7.15. The van der Waals surface area contributed by atoms with Crippen LogP contribution in [0.1, 0.15) is 35.8 Å². The number of hydrogen-bond acceptors (Lipinski definition) is 5. The van der Waals surface area contributed by atoms with E-state index in [4.69, 9.17) is 5.73 Å². The van der Waals surface area contributed by atoms with Crippen molar-refractivity contribution >= 4 is 11.3 Å². The molecule has 0 aromatic carbocycles. The van der Waals surface area contributed by atoms with E-state index in [2.05, 4.69) is 19.7 Å². The van der Waals surface area contributed by atoms with E-state index in [1.807, 2.05) is 6.92 Å². The van der Waals surface area contributed by atoms with Crippen LogP contribution in [0.15, 0.2) is 0 Å². The highest BCUT2D eigenvalue weighted by Crippen LogP contribution is 2.30. The second-order valence-corrected chi connectivity index (χ2v) is 5.71. The first kappa shape index (κ1) is 11.8. The van der Waals surface area contributed by atoms with Crippen LogP contribution in [0.25, 0.3) is 10.7 Å². The molecule has 0 atom stereocenters. The Balaban J connectivity index is 2.06. The lowest BCUT2D eigenvalue weighted by atomic mass is 10.2. The number of thiazole rings is 1. The third kappa shape index (κ3) is 1.95. The standard InChI is InChI=1S/C12H17N5S/c1-8-11(18-10(7-13)14-8)12-16-15-9-5-3-2-4-6-17(9)12/h2-7,13H2,1H3. The Hall–Kier alpha value is -1.27. The van der Waals surface area contributed by atoms with Gasteiger partial charge < -0.3 is 10.3 Å². The fourth-order valence-corrected chi connectivity index (χ4v) is 3.34. The molecule has 0 amide bonds. The zero-order chi connectivity index (χ0) is 12.5. The molecule has 18 heavy (non-hydrogen) atoms. The fraction of sp³-hybridized carbons (Fsp3) is 0.583. The SMILES string of the molecule is Cc1nc(CN)sc1-c1nnc2n1CCCCC2. The summed E-state index contributed by atoms with van der Waals surface area (Å²) in [5, 5.41) is 9.66. The summed E-state index contributed by atoms with van der Waals surface area (Å²) in [6.07, 6.45) is 4.74. The summed E-state index contributed by atoms with van der Waals surface area (Å²) >= 11 is 1.64. The van der Waals surface area contributed by atoms with E-state index < -0.39 is 0 Å². The van der Waals surface area contributed by atoms with E-state index in [1.54, 1.807) is 11.3 Å². The Morgan fingerprint density at radius 3 is 2.94 bits per heavy atom. The van der Waals surface area contributed by atoms with Crippen molar-refractivity contribution in [2.24, 2.45) is 5.73 Å². The van der Waals surface area contributed by atoms with Crippen molar-refractivity contribution in [1.29, 1.82) is 0 Å². The maximum Gasteiger partial charge on any atom is 0.175 e. The third-order valence-corrected chi connectivity index (χ3v) is 4.50. The lowest BCUT2D eigenvalue weighted by Gasteiger charge is -2.05. The molecule has 1 aliphatic rings. The highest BCUT2D eigenvalue weighted by Gasteiger charge is 2.19. The second-order valence-electron chi connectivity index (χ2n) is 4.63. The minimum Gasteiger partial charge on any atom is -0.325 e. The molecule has 5 nitrogen and oxygen atoms in total. The lowest BCUT2D eigenvalue weighted by Crippen LogP contribution is -2.02. The summed E-state index contributed by atoms with van der Waals surface area (Å²) in [7, 11) is 0. The number of aryl methyl sites for hydroxylation is 2. The zero-order valence-electron chi connectivity index (χ0n) is 10.5. The first-order chi connectivity index (χ1) is 8.79. The molecular weight excluding hydrogens is 246 g/mol. The van der Waals surface area contributed by atoms with Crippen molar-refractivity contribution in [2.45, 2.75) is 45.7 Å². The van der Waals surface area contributed by atoms with Crippen LogP contribution in [-0.4, -0.2) is 19.7 Å². The zero-order valence-corrected chi connectivity index (χ0v) is 11.3. The van der Waals surface area contributed by atoms with Crippen LogP contribution in [0.5, 0.6) is 0 Å². The predicted octanol–water partition coefficient (Wildman–Crippen LogP) is 1.90. The van der Waals surface area contributed by atoms with Gasteiger partial charge in [0.2, 0.25) is 0 Å². The molecule has 0 saturated heterocycles. The molecule has 0 bridgehead atoms. The van der Waals surface area contributed by atoms with Gasteiger partial charge >= 0.3 is 0 Å². The van der Waals surface area contributed by atoms with E-state index in [1.165, 1.54) is 19.3 Å². The molecule has 96 valence electrons. The van der Waals surface area contributed by atoms with Gasteiger partial charge in [0.15, 0.2) is 5.82 Å². The molecule has 2 aromatic rings. The topological polar surface area (TPSA) is 69.6 Å². The van der Waals surface area contributed by atoms with Crippen molar-refractivity contribution in [3.63, 3.8) is 0 Å². The van der Waals surface area contributed by atoms with E-state index in [-0.39, 0.29) is 0 Å². The number of fused-ring (bicyclic) bond motifs is 1. The Kier molecular flexibility index (Phi) is 3.13. The molecule has 0 radical (unpaired) electrons. The smallest absolute Gasteiger partial charge is 0.175 e. The molecule has 1 aliphatic heterocycles. The normalized spacial score (nSPS) is 15.4. The Bertz CT molecular complexity index is 557. The summed E-state index contributed by atoms with van der Waals surface area (Å²) in [4.78, 5) is 5.59. The van der Waals surface area contributed by atoms with Crippen LogP contribution in [0, 0.1) is 6.92 Å². The van der Waals surface area contributed by atoms with Crippen molar-refractivity contribution in [3.8, 4) is 10.7 Å². The van der Waals surface area contributed by atoms with Gasteiger partial charge in [0.25, 0.3) is 0 Å². The van der Waals surface area contributed by atoms with Gasteiger partial charge in [-0.05, 0) is 19.8 Å². The monoisotopic (exact) mass is 263 g/mol. The van der Waals surface area contributed by atoms with Crippen molar-refractivity contribution in [3.05, 3.63) is 16.5 Å². The molecule has 2 N–H and O–H groups in total. The first-order valence-corrected chi connectivity index (χ1v) is 7.20. The van der Waals surface area contributed by atoms with E-state index in [9.17, 15) is 0 Å². The van der Waals surface area contributed by atoms with Gasteiger partial charge in [-0.2, -0.15) is 0 Å². The van der Waals surface area contributed by atoms with Gasteiger partial charge in [-0.1, -0.05) is 6.42 Å². The second kappa shape index (κ2) is 4.78. The Morgan fingerprint density at radius 2 is 2.17 bits per heavy atom. The summed E-state index contributed by atoms with van der Waals surface area (Å²) in [6, 6.07) is 0. The van der Waals surface area contributed by atoms with Crippen LogP contribution < -0.4 is 5.73 Å². The number of nitrogens with two attached hydrogens (primary N) is 1. The number of hydrogen-bond donors (Lipinski definition) is 1. The largest absolute Gasteiger partial charge is 0.325 e. The minimum absolute atomic E-state index is 0.493. The van der Waals surface area contributed by atoms with Crippen LogP contribution in [-0.2, 0) is 19.5 Å². The number of nitrogens with zero attached hydrogens (tertiary/aromatic N) is 4. The summed E-state index contributed by atoms with van der Waals surface area (Å²) in [6.45, 7) is 3.53. The average Bonchev–Trinajstić information content (AvgIpc) is 2.85. The van der Waals surface area contributed by atoms with E-state index in [0.29, 0.717) is 6.54 Å². The maximum absolute atomic E-state index is 5.65. The van der Waals surface area contributed by atoms with Gasteiger partial charge in [-0.15, -0.1) is 21.5 Å². The van der Waals surface area contributed by atoms with Crippen LogP contribution >= 0.6 is 11.3 Å². The molecule has 6 heteroatoms. The molecular formula is C12H17N5S. The quantitative estimate of drug-likeness (QED) is 0.898. The summed E-state index contributed by atoms with van der Waals surface area (Å²) in [5.74, 6) is 2.09. The molecule has 3 rings (SSSR count). The van der Waals surface area contributed by atoms with Crippen molar-refractivity contribution in [1.82, 2.24) is 19.7 Å². The molecule has 0 saturated carbocycles. The summed E-state index contributed by atoms with van der Waals surface area (Å²) in [5.41, 5.74) is 6.67. The van der Waals surface area contributed by atoms with E-state index >= 15 is 0 Å². The van der Waals surface area contributed by atoms with Gasteiger partial charge in [-0.3, -0.25) is 0 Å². The van der Waals surface area contributed by atoms with Gasteiger partial charge in [0, 0.05) is 19.5 Å². The molecule has 0 unspecified atom stereocenters. The third-order valence-electron chi connectivity index (χ3n) is 3.33. The van der Waals surface area contributed by atoms with Crippen LogP contribution in [0.4, 0.5) is 0 Å².